The number of aryl methyl sites for hydroxylation is 1. The average Bonchev–Trinajstić information content (AvgIpc) is 2.26. The molecule has 4 nitrogen and oxygen atoms in total. The van der Waals surface area contributed by atoms with Crippen LogP contribution in [0.4, 0.5) is 0 Å². The van der Waals surface area contributed by atoms with Crippen LogP contribution >= 0.6 is 12.6 Å². The Morgan fingerprint density at radius 1 is 1.44 bits per heavy atom. The van der Waals surface area contributed by atoms with Gasteiger partial charge in [-0.1, -0.05) is 17.7 Å². The van der Waals surface area contributed by atoms with Crippen LogP contribution in [0.2, 0.25) is 0 Å². The average molecular weight is 242 g/mol. The summed E-state index contributed by atoms with van der Waals surface area (Å²) < 4.78 is 0. The molecule has 2 unspecified atom stereocenters. The number of hydrogen-bond donors (Lipinski definition) is 4. The van der Waals surface area contributed by atoms with Crippen molar-refractivity contribution in [2.24, 2.45) is 0 Å². The standard InChI is InChI=1S/C11H14O4S/c1-6-2-3-7(8(4-6)11(14)15)10(13)9(12)5-16/h2-4,9-10,12-13,16H,5H2,1H3,(H,14,15). The molecule has 0 radical (unpaired) electrons. The Hall–Kier alpha value is -1.04. The highest BCUT2D eigenvalue weighted by molar-refractivity contribution is 7.80. The number of carboxylic acid groups (broad SMARTS) is 1. The van der Waals surface area contributed by atoms with Gasteiger partial charge in [-0.25, -0.2) is 4.79 Å². The molecular weight excluding hydrogens is 228 g/mol. The summed E-state index contributed by atoms with van der Waals surface area (Å²) in [6.45, 7) is 1.76. The van der Waals surface area contributed by atoms with Gasteiger partial charge in [0.2, 0.25) is 0 Å². The minimum atomic E-state index is -1.23. The molecule has 0 saturated carbocycles. The molecule has 0 amide bonds. The molecule has 0 aliphatic carbocycles. The molecule has 0 aromatic heterocycles. The van der Waals surface area contributed by atoms with Gasteiger partial charge in [0, 0.05) is 5.75 Å². The van der Waals surface area contributed by atoms with Gasteiger partial charge < -0.3 is 15.3 Å². The highest BCUT2D eigenvalue weighted by Gasteiger charge is 2.22. The Kier molecular flexibility index (Phi) is 4.35. The van der Waals surface area contributed by atoms with E-state index in [-0.39, 0.29) is 16.9 Å². The number of benzene rings is 1. The Bertz CT molecular complexity index is 392. The van der Waals surface area contributed by atoms with Crippen LogP contribution in [0.15, 0.2) is 18.2 Å². The summed E-state index contributed by atoms with van der Waals surface area (Å²) in [6.07, 6.45) is -2.31. The summed E-state index contributed by atoms with van der Waals surface area (Å²) in [5.74, 6) is -1.06. The van der Waals surface area contributed by atoms with Crippen LogP contribution < -0.4 is 0 Å². The quantitative estimate of drug-likeness (QED) is 0.594. The third-order valence-corrected chi connectivity index (χ3v) is 2.68. The van der Waals surface area contributed by atoms with E-state index in [4.69, 9.17) is 5.11 Å². The van der Waals surface area contributed by atoms with Crippen molar-refractivity contribution in [3.8, 4) is 0 Å². The van der Waals surface area contributed by atoms with Crippen molar-refractivity contribution in [3.63, 3.8) is 0 Å². The van der Waals surface area contributed by atoms with E-state index in [2.05, 4.69) is 12.6 Å². The first-order valence-corrected chi connectivity index (χ1v) is 5.41. The lowest BCUT2D eigenvalue weighted by Gasteiger charge is -2.18. The molecule has 1 aromatic rings. The van der Waals surface area contributed by atoms with Crippen molar-refractivity contribution in [2.45, 2.75) is 19.1 Å². The number of aromatic carboxylic acids is 1. The molecule has 88 valence electrons. The molecule has 0 saturated heterocycles. The lowest BCUT2D eigenvalue weighted by Crippen LogP contribution is -2.22. The van der Waals surface area contributed by atoms with Crippen LogP contribution in [0.25, 0.3) is 0 Å². The largest absolute Gasteiger partial charge is 0.478 e. The molecule has 2 atom stereocenters. The second-order valence-corrected chi connectivity index (χ2v) is 3.96. The molecule has 1 rings (SSSR count). The third-order valence-electron chi connectivity index (χ3n) is 2.31. The van der Waals surface area contributed by atoms with Crippen LogP contribution in [0.1, 0.15) is 27.6 Å². The van der Waals surface area contributed by atoms with E-state index in [0.29, 0.717) is 0 Å². The van der Waals surface area contributed by atoms with E-state index in [1.54, 1.807) is 13.0 Å². The lowest BCUT2D eigenvalue weighted by atomic mass is 9.97. The van der Waals surface area contributed by atoms with Crippen LogP contribution in [0.3, 0.4) is 0 Å². The van der Waals surface area contributed by atoms with Gasteiger partial charge >= 0.3 is 5.97 Å². The molecule has 0 aliphatic rings. The van der Waals surface area contributed by atoms with Gasteiger partial charge in [0.1, 0.15) is 6.10 Å². The van der Waals surface area contributed by atoms with Crippen molar-refractivity contribution in [2.75, 3.05) is 5.75 Å². The molecule has 0 fully saturated rings. The van der Waals surface area contributed by atoms with Crippen molar-refractivity contribution in [1.29, 1.82) is 0 Å². The summed E-state index contributed by atoms with van der Waals surface area (Å²) in [6, 6.07) is 4.67. The second kappa shape index (κ2) is 5.34. The molecule has 0 heterocycles. The Morgan fingerprint density at radius 3 is 2.56 bits per heavy atom. The summed E-state index contributed by atoms with van der Waals surface area (Å²) in [5, 5.41) is 28.2. The summed E-state index contributed by atoms with van der Waals surface area (Å²) in [7, 11) is 0. The Labute approximate surface area is 99.0 Å². The topological polar surface area (TPSA) is 77.8 Å². The smallest absolute Gasteiger partial charge is 0.336 e. The van der Waals surface area contributed by atoms with Crippen molar-refractivity contribution < 1.29 is 20.1 Å². The van der Waals surface area contributed by atoms with E-state index in [1.165, 1.54) is 12.1 Å². The maximum Gasteiger partial charge on any atom is 0.336 e. The van der Waals surface area contributed by atoms with Crippen LogP contribution in [-0.2, 0) is 0 Å². The first-order valence-electron chi connectivity index (χ1n) is 4.78. The van der Waals surface area contributed by atoms with Gasteiger partial charge in [-0.05, 0) is 18.6 Å². The number of rotatable bonds is 4. The Balaban J connectivity index is 3.17. The maximum absolute atomic E-state index is 11.0. The minimum absolute atomic E-state index is 0.00772. The minimum Gasteiger partial charge on any atom is -0.478 e. The van der Waals surface area contributed by atoms with Gasteiger partial charge in [-0.3, -0.25) is 0 Å². The first kappa shape index (κ1) is 13.0. The fourth-order valence-corrected chi connectivity index (χ4v) is 1.62. The highest BCUT2D eigenvalue weighted by Crippen LogP contribution is 2.23. The molecule has 16 heavy (non-hydrogen) atoms. The van der Waals surface area contributed by atoms with Gasteiger partial charge in [0.05, 0.1) is 11.7 Å². The normalized spacial score (nSPS) is 14.5. The maximum atomic E-state index is 11.0. The van der Waals surface area contributed by atoms with E-state index in [1.807, 2.05) is 0 Å². The van der Waals surface area contributed by atoms with Crippen molar-refractivity contribution >= 4 is 18.6 Å². The van der Waals surface area contributed by atoms with E-state index in [0.717, 1.165) is 5.56 Å². The van der Waals surface area contributed by atoms with E-state index in [9.17, 15) is 15.0 Å². The SMILES string of the molecule is Cc1ccc(C(O)C(O)CS)c(C(=O)O)c1. The zero-order valence-corrected chi connectivity index (χ0v) is 9.69. The molecule has 0 aliphatic heterocycles. The molecule has 0 bridgehead atoms. The molecule has 3 N–H and O–H groups in total. The summed E-state index contributed by atoms with van der Waals surface area (Å²) in [4.78, 5) is 11.0. The van der Waals surface area contributed by atoms with Crippen LogP contribution in [-0.4, -0.2) is 33.1 Å². The molecule has 1 aromatic carbocycles. The van der Waals surface area contributed by atoms with Gasteiger partial charge in [0.25, 0.3) is 0 Å². The zero-order chi connectivity index (χ0) is 12.3. The molecular formula is C11H14O4S. The summed E-state index contributed by atoms with van der Waals surface area (Å²) in [5.41, 5.74) is 1.00. The van der Waals surface area contributed by atoms with Crippen LogP contribution in [0.5, 0.6) is 0 Å². The van der Waals surface area contributed by atoms with Gasteiger partial charge in [-0.15, -0.1) is 0 Å². The monoisotopic (exact) mass is 242 g/mol. The predicted octanol–water partition coefficient (Wildman–Crippen LogP) is 1.02. The van der Waals surface area contributed by atoms with Gasteiger partial charge in [-0.2, -0.15) is 12.6 Å². The van der Waals surface area contributed by atoms with Crippen molar-refractivity contribution in [3.05, 3.63) is 34.9 Å². The highest BCUT2D eigenvalue weighted by atomic mass is 32.1. The number of thiol groups is 1. The van der Waals surface area contributed by atoms with Gasteiger partial charge in [0.15, 0.2) is 0 Å². The third kappa shape index (κ3) is 2.75. The van der Waals surface area contributed by atoms with E-state index < -0.39 is 18.2 Å². The van der Waals surface area contributed by atoms with E-state index >= 15 is 0 Å². The first-order chi connectivity index (χ1) is 7.47. The number of aliphatic hydroxyl groups excluding tert-OH is 2. The number of aliphatic hydroxyl groups is 2. The Morgan fingerprint density at radius 2 is 2.06 bits per heavy atom. The number of carbonyl (C=O) groups is 1. The molecule has 0 spiro atoms. The summed E-state index contributed by atoms with van der Waals surface area (Å²) >= 11 is 3.85. The van der Waals surface area contributed by atoms with Crippen molar-refractivity contribution in [1.82, 2.24) is 0 Å². The van der Waals surface area contributed by atoms with Crippen LogP contribution in [0, 0.1) is 6.92 Å². The predicted molar refractivity (Wildman–Crippen MR) is 63.0 cm³/mol. The zero-order valence-electron chi connectivity index (χ0n) is 8.79. The fraction of sp³-hybridized carbons (Fsp3) is 0.364. The number of carboxylic acids is 1. The number of hydrogen-bond acceptors (Lipinski definition) is 4. The lowest BCUT2D eigenvalue weighted by molar-refractivity contribution is 0.0323. The molecule has 5 heteroatoms. The second-order valence-electron chi connectivity index (χ2n) is 3.59. The fourth-order valence-electron chi connectivity index (χ4n) is 1.42.